The zero-order chi connectivity index (χ0) is 14.5. The van der Waals surface area contributed by atoms with Gasteiger partial charge in [-0.2, -0.15) is 0 Å². The van der Waals surface area contributed by atoms with E-state index >= 15 is 0 Å². The standard InChI is InChI=1S/C15H18F2N2O/c1-19(10-13-6-3-7-20-13)14(9-18)11-4-2-5-12(8-11)15(16)17/h2-8,14-15H,9-10,18H2,1H3. The SMILES string of the molecule is CN(Cc1ccco1)C(CN)c1cccc(C(F)F)c1. The second kappa shape index (κ2) is 6.63. The van der Waals surface area contributed by atoms with E-state index < -0.39 is 6.43 Å². The van der Waals surface area contributed by atoms with E-state index in [0.29, 0.717) is 13.1 Å². The zero-order valence-electron chi connectivity index (χ0n) is 11.3. The first-order chi connectivity index (χ1) is 9.61. The summed E-state index contributed by atoms with van der Waals surface area (Å²) in [5.41, 5.74) is 6.61. The number of rotatable bonds is 6. The van der Waals surface area contributed by atoms with Gasteiger partial charge in [0.2, 0.25) is 0 Å². The number of nitrogens with two attached hydrogens (primary N) is 1. The number of furan rings is 1. The van der Waals surface area contributed by atoms with E-state index in [1.165, 1.54) is 12.1 Å². The number of nitrogens with zero attached hydrogens (tertiary/aromatic N) is 1. The van der Waals surface area contributed by atoms with Crippen molar-refractivity contribution in [2.75, 3.05) is 13.6 Å². The van der Waals surface area contributed by atoms with Gasteiger partial charge in [-0.1, -0.05) is 18.2 Å². The molecule has 2 aromatic rings. The van der Waals surface area contributed by atoms with Crippen molar-refractivity contribution in [3.63, 3.8) is 0 Å². The van der Waals surface area contributed by atoms with Gasteiger partial charge >= 0.3 is 0 Å². The number of hydrogen-bond acceptors (Lipinski definition) is 3. The Morgan fingerprint density at radius 1 is 1.20 bits per heavy atom. The van der Waals surface area contributed by atoms with Crippen LogP contribution in [-0.2, 0) is 6.54 Å². The van der Waals surface area contributed by atoms with Crippen LogP contribution in [0.1, 0.15) is 29.4 Å². The molecule has 1 heterocycles. The monoisotopic (exact) mass is 280 g/mol. The van der Waals surface area contributed by atoms with Gasteiger partial charge in [0.1, 0.15) is 5.76 Å². The molecule has 0 radical (unpaired) electrons. The van der Waals surface area contributed by atoms with Crippen molar-refractivity contribution in [2.24, 2.45) is 5.73 Å². The highest BCUT2D eigenvalue weighted by Gasteiger charge is 2.18. The van der Waals surface area contributed by atoms with Gasteiger partial charge in [0, 0.05) is 18.2 Å². The summed E-state index contributed by atoms with van der Waals surface area (Å²) in [4.78, 5) is 1.99. The van der Waals surface area contributed by atoms with Crippen molar-refractivity contribution < 1.29 is 13.2 Å². The van der Waals surface area contributed by atoms with Crippen LogP contribution < -0.4 is 5.73 Å². The van der Waals surface area contributed by atoms with Gasteiger partial charge in [-0.3, -0.25) is 4.90 Å². The topological polar surface area (TPSA) is 42.4 Å². The van der Waals surface area contributed by atoms with E-state index in [1.54, 1.807) is 12.3 Å². The lowest BCUT2D eigenvalue weighted by Crippen LogP contribution is -2.30. The number of hydrogen-bond donors (Lipinski definition) is 1. The van der Waals surface area contributed by atoms with Crippen molar-refractivity contribution in [3.8, 4) is 0 Å². The molecule has 0 fully saturated rings. The first kappa shape index (κ1) is 14.7. The van der Waals surface area contributed by atoms with Crippen molar-refractivity contribution >= 4 is 0 Å². The van der Waals surface area contributed by atoms with E-state index in [1.807, 2.05) is 30.1 Å². The van der Waals surface area contributed by atoms with E-state index in [9.17, 15) is 8.78 Å². The fourth-order valence-electron chi connectivity index (χ4n) is 2.23. The first-order valence-electron chi connectivity index (χ1n) is 6.42. The van der Waals surface area contributed by atoms with E-state index in [2.05, 4.69) is 0 Å². The highest BCUT2D eigenvalue weighted by molar-refractivity contribution is 5.27. The summed E-state index contributed by atoms with van der Waals surface area (Å²) in [5, 5.41) is 0. The summed E-state index contributed by atoms with van der Waals surface area (Å²) in [6.07, 6.45) is -0.860. The second-order valence-corrected chi connectivity index (χ2v) is 4.72. The molecule has 1 aromatic carbocycles. The molecule has 0 spiro atoms. The van der Waals surface area contributed by atoms with Crippen molar-refractivity contribution in [3.05, 3.63) is 59.5 Å². The molecule has 5 heteroatoms. The third kappa shape index (κ3) is 3.43. The van der Waals surface area contributed by atoms with Gasteiger partial charge in [-0.15, -0.1) is 0 Å². The van der Waals surface area contributed by atoms with E-state index in [-0.39, 0.29) is 11.6 Å². The molecule has 1 unspecified atom stereocenters. The maximum absolute atomic E-state index is 12.8. The minimum Gasteiger partial charge on any atom is -0.468 e. The normalized spacial score (nSPS) is 13.1. The molecule has 0 aliphatic heterocycles. The lowest BCUT2D eigenvalue weighted by molar-refractivity contribution is 0.151. The van der Waals surface area contributed by atoms with Crippen molar-refractivity contribution in [2.45, 2.75) is 19.0 Å². The summed E-state index contributed by atoms with van der Waals surface area (Å²) in [6, 6.07) is 9.97. The quantitative estimate of drug-likeness (QED) is 0.882. The minimum atomic E-state index is -2.47. The summed E-state index contributed by atoms with van der Waals surface area (Å²) < 4.78 is 30.8. The smallest absolute Gasteiger partial charge is 0.263 e. The lowest BCUT2D eigenvalue weighted by atomic mass is 10.0. The molecule has 20 heavy (non-hydrogen) atoms. The fourth-order valence-corrected chi connectivity index (χ4v) is 2.23. The van der Waals surface area contributed by atoms with Gasteiger partial charge in [-0.05, 0) is 30.8 Å². The minimum absolute atomic E-state index is 0.0207. The summed E-state index contributed by atoms with van der Waals surface area (Å²) in [7, 11) is 1.90. The Morgan fingerprint density at radius 3 is 2.55 bits per heavy atom. The summed E-state index contributed by atoms with van der Waals surface area (Å²) in [5.74, 6) is 0.816. The molecule has 1 aromatic heterocycles. The highest BCUT2D eigenvalue weighted by Crippen LogP contribution is 2.25. The van der Waals surface area contributed by atoms with Crippen LogP contribution in [0.15, 0.2) is 47.1 Å². The van der Waals surface area contributed by atoms with Crippen LogP contribution in [0, 0.1) is 0 Å². The van der Waals surface area contributed by atoms with E-state index in [0.717, 1.165) is 11.3 Å². The Balaban J connectivity index is 2.16. The zero-order valence-corrected chi connectivity index (χ0v) is 11.3. The van der Waals surface area contributed by atoms with Crippen LogP contribution in [0.3, 0.4) is 0 Å². The van der Waals surface area contributed by atoms with Crippen LogP contribution in [-0.4, -0.2) is 18.5 Å². The summed E-state index contributed by atoms with van der Waals surface area (Å²) in [6.45, 7) is 0.928. The third-order valence-electron chi connectivity index (χ3n) is 3.29. The molecular formula is C15H18F2N2O. The Labute approximate surface area is 117 Å². The first-order valence-corrected chi connectivity index (χ1v) is 6.42. The van der Waals surface area contributed by atoms with E-state index in [4.69, 9.17) is 10.2 Å². The maximum Gasteiger partial charge on any atom is 0.263 e. The van der Waals surface area contributed by atoms with Crippen LogP contribution in [0.4, 0.5) is 8.78 Å². The molecule has 0 saturated heterocycles. The molecule has 3 nitrogen and oxygen atoms in total. The molecule has 0 bridgehead atoms. The molecule has 2 N–H and O–H groups in total. The summed E-state index contributed by atoms with van der Waals surface area (Å²) >= 11 is 0. The van der Waals surface area contributed by atoms with Crippen molar-refractivity contribution in [1.29, 1.82) is 0 Å². The van der Waals surface area contributed by atoms with Gasteiger partial charge in [0.25, 0.3) is 6.43 Å². The number of alkyl halides is 2. The van der Waals surface area contributed by atoms with Crippen LogP contribution in [0.25, 0.3) is 0 Å². The molecule has 2 rings (SSSR count). The largest absolute Gasteiger partial charge is 0.468 e. The molecule has 0 aliphatic carbocycles. The van der Waals surface area contributed by atoms with Gasteiger partial charge in [0.15, 0.2) is 0 Å². The Bertz CT molecular complexity index is 528. The Hall–Kier alpha value is -1.72. The molecule has 0 aliphatic rings. The van der Waals surface area contributed by atoms with Crippen LogP contribution in [0.5, 0.6) is 0 Å². The predicted octanol–water partition coefficient (Wildman–Crippen LogP) is 3.35. The molecule has 1 atom stereocenters. The van der Waals surface area contributed by atoms with Crippen LogP contribution in [0.2, 0.25) is 0 Å². The van der Waals surface area contributed by atoms with Crippen LogP contribution >= 0.6 is 0 Å². The second-order valence-electron chi connectivity index (χ2n) is 4.72. The average Bonchev–Trinajstić information content (AvgIpc) is 2.92. The van der Waals surface area contributed by atoms with Gasteiger partial charge < -0.3 is 10.2 Å². The fraction of sp³-hybridized carbons (Fsp3) is 0.333. The molecule has 0 saturated carbocycles. The van der Waals surface area contributed by atoms with Crippen molar-refractivity contribution in [1.82, 2.24) is 4.90 Å². The maximum atomic E-state index is 12.8. The number of halogens is 2. The predicted molar refractivity (Wildman–Crippen MR) is 73.4 cm³/mol. The molecule has 0 amide bonds. The average molecular weight is 280 g/mol. The number of benzene rings is 1. The Kier molecular flexibility index (Phi) is 4.87. The highest BCUT2D eigenvalue weighted by atomic mass is 19.3. The molecular weight excluding hydrogens is 262 g/mol. The van der Waals surface area contributed by atoms with Gasteiger partial charge in [0.05, 0.1) is 12.8 Å². The van der Waals surface area contributed by atoms with Gasteiger partial charge in [-0.25, -0.2) is 8.78 Å². The third-order valence-corrected chi connectivity index (χ3v) is 3.29. The molecule has 108 valence electrons. The number of likely N-dealkylation sites (N-methyl/N-ethyl adjacent to an activating group) is 1. The Morgan fingerprint density at radius 2 is 1.95 bits per heavy atom. The lowest BCUT2D eigenvalue weighted by Gasteiger charge is -2.26.